The van der Waals surface area contributed by atoms with Gasteiger partial charge in [0, 0.05) is 16.9 Å². The van der Waals surface area contributed by atoms with Crippen molar-refractivity contribution >= 4 is 60.2 Å². The zero-order chi connectivity index (χ0) is 39.1. The summed E-state index contributed by atoms with van der Waals surface area (Å²) in [6.07, 6.45) is 0. The van der Waals surface area contributed by atoms with E-state index >= 15 is 0 Å². The quantitative estimate of drug-likeness (QED) is 0.147. The Morgan fingerprint density at radius 2 is 0.678 bits per heavy atom. The van der Waals surface area contributed by atoms with Crippen LogP contribution in [0.15, 0.2) is 237 Å². The molecule has 11 rings (SSSR count). The molecule has 0 bridgehead atoms. The Kier molecular flexibility index (Phi) is 8.56. The normalized spacial score (nSPS) is 11.4. The van der Waals surface area contributed by atoms with Crippen LogP contribution in [0.5, 0.6) is 0 Å². The maximum absolute atomic E-state index is 2.42. The van der Waals surface area contributed by atoms with Gasteiger partial charge in [0.15, 0.2) is 0 Å². The van der Waals surface area contributed by atoms with Gasteiger partial charge in [-0.1, -0.05) is 194 Å². The Hall–Kier alpha value is -7.74. The lowest BCUT2D eigenvalue weighted by Crippen LogP contribution is -2.11. The average molecular weight is 750 g/mol. The van der Waals surface area contributed by atoms with E-state index in [9.17, 15) is 0 Å². The molecule has 0 fully saturated rings. The topological polar surface area (TPSA) is 3.24 Å². The van der Waals surface area contributed by atoms with Gasteiger partial charge in [0.05, 0.1) is 5.69 Å². The minimum Gasteiger partial charge on any atom is -0.310 e. The van der Waals surface area contributed by atoms with Gasteiger partial charge >= 0.3 is 0 Å². The minimum atomic E-state index is 1.09. The molecule has 0 aliphatic rings. The SMILES string of the molecule is c1ccc(-c2ccc(N(c3ccc(-c4ccc5ccc6ccc7ccccc7c6c5c4)cc3)c3ccc(-c4ccccc4)cc3-c3cccc4ccccc34)cc2)cc1. The van der Waals surface area contributed by atoms with Crippen LogP contribution >= 0.6 is 0 Å². The molecule has 276 valence electrons. The van der Waals surface area contributed by atoms with Crippen molar-refractivity contribution in [1.82, 2.24) is 0 Å². The fourth-order valence-electron chi connectivity index (χ4n) is 8.89. The first-order valence-corrected chi connectivity index (χ1v) is 20.3. The Morgan fingerprint density at radius 3 is 1.36 bits per heavy atom. The van der Waals surface area contributed by atoms with Crippen LogP contribution < -0.4 is 4.90 Å². The lowest BCUT2D eigenvalue weighted by Gasteiger charge is -2.29. The summed E-state index contributed by atoms with van der Waals surface area (Å²) in [6.45, 7) is 0. The van der Waals surface area contributed by atoms with Crippen LogP contribution in [-0.4, -0.2) is 0 Å². The van der Waals surface area contributed by atoms with Gasteiger partial charge in [-0.25, -0.2) is 0 Å². The van der Waals surface area contributed by atoms with Crippen LogP contribution in [0.2, 0.25) is 0 Å². The van der Waals surface area contributed by atoms with Crippen molar-refractivity contribution in [2.24, 2.45) is 0 Å². The van der Waals surface area contributed by atoms with Crippen LogP contribution in [0.25, 0.3) is 87.6 Å². The predicted octanol–water partition coefficient (Wildman–Crippen LogP) is 16.4. The third-order valence-electron chi connectivity index (χ3n) is 11.8. The highest BCUT2D eigenvalue weighted by Crippen LogP contribution is 2.45. The first kappa shape index (κ1) is 34.5. The molecule has 0 radical (unpaired) electrons. The number of anilines is 3. The summed E-state index contributed by atoms with van der Waals surface area (Å²) in [6, 6.07) is 86.3. The zero-order valence-electron chi connectivity index (χ0n) is 32.5. The Morgan fingerprint density at radius 1 is 0.237 bits per heavy atom. The summed E-state index contributed by atoms with van der Waals surface area (Å²) >= 11 is 0. The fourth-order valence-corrected chi connectivity index (χ4v) is 8.89. The third-order valence-corrected chi connectivity index (χ3v) is 11.8. The molecular weight excluding hydrogens is 711 g/mol. The molecule has 59 heavy (non-hydrogen) atoms. The summed E-state index contributed by atoms with van der Waals surface area (Å²) < 4.78 is 0. The lowest BCUT2D eigenvalue weighted by atomic mass is 9.92. The molecule has 0 spiro atoms. The maximum Gasteiger partial charge on any atom is 0.0540 e. The van der Waals surface area contributed by atoms with Crippen molar-refractivity contribution in [3.63, 3.8) is 0 Å². The highest BCUT2D eigenvalue weighted by molar-refractivity contribution is 6.20. The molecule has 0 N–H and O–H groups in total. The molecule has 1 heteroatoms. The van der Waals surface area contributed by atoms with E-state index in [0.717, 1.165) is 17.1 Å². The summed E-state index contributed by atoms with van der Waals surface area (Å²) in [5.41, 5.74) is 12.8. The molecule has 11 aromatic carbocycles. The van der Waals surface area contributed by atoms with Crippen LogP contribution in [0.4, 0.5) is 17.1 Å². The molecule has 0 amide bonds. The summed E-state index contributed by atoms with van der Waals surface area (Å²) in [7, 11) is 0. The smallest absolute Gasteiger partial charge is 0.0540 e. The van der Waals surface area contributed by atoms with Gasteiger partial charge in [-0.2, -0.15) is 0 Å². The molecule has 0 aliphatic carbocycles. The summed E-state index contributed by atoms with van der Waals surface area (Å²) in [5, 5.41) is 10.1. The van der Waals surface area contributed by atoms with Crippen molar-refractivity contribution in [2.75, 3.05) is 4.90 Å². The standard InChI is InChI=1S/C58H39N/c1-3-12-40(13-4-1)42-28-33-50(34-29-42)59(57-37-32-49(41-14-5-2-6-15-41)39-56(57)54-21-11-18-44-16-7-9-19-52(44)54)51-35-30-43(31-36-51)48-27-24-46-23-26-47-25-22-45-17-8-10-20-53(45)58(47)55(46)38-48/h1-39H. The van der Waals surface area contributed by atoms with Crippen LogP contribution in [0.1, 0.15) is 0 Å². The van der Waals surface area contributed by atoms with Gasteiger partial charge in [0.2, 0.25) is 0 Å². The molecule has 0 saturated carbocycles. The predicted molar refractivity (Wildman–Crippen MR) is 253 cm³/mol. The molecule has 1 nitrogen and oxygen atoms in total. The van der Waals surface area contributed by atoms with Gasteiger partial charge < -0.3 is 4.90 Å². The number of benzene rings is 11. The number of nitrogens with zero attached hydrogens (tertiary/aromatic N) is 1. The van der Waals surface area contributed by atoms with E-state index in [1.54, 1.807) is 0 Å². The van der Waals surface area contributed by atoms with E-state index in [1.165, 1.54) is 87.6 Å². The van der Waals surface area contributed by atoms with Gasteiger partial charge in [-0.05, 0) is 124 Å². The molecule has 0 aliphatic heterocycles. The summed E-state index contributed by atoms with van der Waals surface area (Å²) in [4.78, 5) is 2.42. The van der Waals surface area contributed by atoms with Crippen molar-refractivity contribution in [3.05, 3.63) is 237 Å². The monoisotopic (exact) mass is 749 g/mol. The van der Waals surface area contributed by atoms with Crippen molar-refractivity contribution in [2.45, 2.75) is 0 Å². The summed E-state index contributed by atoms with van der Waals surface area (Å²) in [5.74, 6) is 0. The second kappa shape index (κ2) is 14.6. The highest BCUT2D eigenvalue weighted by Gasteiger charge is 2.20. The second-order valence-electron chi connectivity index (χ2n) is 15.3. The first-order valence-electron chi connectivity index (χ1n) is 20.3. The van der Waals surface area contributed by atoms with Gasteiger partial charge in [0.25, 0.3) is 0 Å². The van der Waals surface area contributed by atoms with E-state index in [1.807, 2.05) is 0 Å². The van der Waals surface area contributed by atoms with Crippen LogP contribution in [0.3, 0.4) is 0 Å². The Balaban J connectivity index is 1.08. The number of fused-ring (bicyclic) bond motifs is 6. The van der Waals surface area contributed by atoms with Crippen molar-refractivity contribution < 1.29 is 0 Å². The number of hydrogen-bond donors (Lipinski definition) is 0. The largest absolute Gasteiger partial charge is 0.310 e. The van der Waals surface area contributed by atoms with Crippen molar-refractivity contribution in [1.29, 1.82) is 0 Å². The Bertz CT molecular complexity index is 3280. The molecule has 0 aromatic heterocycles. The van der Waals surface area contributed by atoms with E-state index < -0.39 is 0 Å². The first-order chi connectivity index (χ1) is 29.2. The van der Waals surface area contributed by atoms with E-state index in [4.69, 9.17) is 0 Å². The fraction of sp³-hybridized carbons (Fsp3) is 0. The van der Waals surface area contributed by atoms with Crippen molar-refractivity contribution in [3.8, 4) is 44.5 Å². The second-order valence-corrected chi connectivity index (χ2v) is 15.3. The van der Waals surface area contributed by atoms with Gasteiger partial charge in [0.1, 0.15) is 0 Å². The van der Waals surface area contributed by atoms with Gasteiger partial charge in [-0.3, -0.25) is 0 Å². The van der Waals surface area contributed by atoms with E-state index in [2.05, 4.69) is 241 Å². The number of hydrogen-bond acceptors (Lipinski definition) is 1. The molecule has 0 saturated heterocycles. The molecule has 11 aromatic rings. The van der Waals surface area contributed by atoms with E-state index in [-0.39, 0.29) is 0 Å². The third kappa shape index (κ3) is 6.30. The molecule has 0 atom stereocenters. The average Bonchev–Trinajstić information content (AvgIpc) is 3.32. The van der Waals surface area contributed by atoms with E-state index in [0.29, 0.717) is 0 Å². The molecular formula is C58H39N. The number of rotatable bonds is 7. The Labute approximate surface area is 344 Å². The highest BCUT2D eigenvalue weighted by atomic mass is 15.1. The van der Waals surface area contributed by atoms with Crippen LogP contribution in [-0.2, 0) is 0 Å². The minimum absolute atomic E-state index is 1.09. The van der Waals surface area contributed by atoms with Crippen LogP contribution in [0, 0.1) is 0 Å². The molecule has 0 unspecified atom stereocenters. The maximum atomic E-state index is 2.42. The molecule has 0 heterocycles. The zero-order valence-corrected chi connectivity index (χ0v) is 32.5. The van der Waals surface area contributed by atoms with Gasteiger partial charge in [-0.15, -0.1) is 0 Å². The lowest BCUT2D eigenvalue weighted by molar-refractivity contribution is 1.28.